The smallest absolute Gasteiger partial charge is 0.396 e. The van der Waals surface area contributed by atoms with Crippen LogP contribution in [0.2, 0.25) is 0 Å². The second-order valence-corrected chi connectivity index (χ2v) is 1.50. The van der Waals surface area contributed by atoms with Gasteiger partial charge in [0, 0.05) is 6.61 Å². The number of hydrogen-bond donors (Lipinski definition) is 2. The minimum atomic E-state index is -4.40. The first-order valence-corrected chi connectivity index (χ1v) is 2.76. The Morgan fingerprint density at radius 2 is 1.40 bits per heavy atom. The summed E-state index contributed by atoms with van der Waals surface area (Å²) in [4.78, 5) is 0. The van der Waals surface area contributed by atoms with E-state index in [9.17, 15) is 13.2 Å². The molecule has 10 heavy (non-hydrogen) atoms. The predicted molar refractivity (Wildman–Crippen MR) is 30.5 cm³/mol. The molecule has 0 aliphatic carbocycles. The molecule has 2 N–H and O–H groups in total. The lowest BCUT2D eigenvalue weighted by atomic mass is 10.5. The molecule has 0 unspecified atom stereocenters. The molecule has 0 heterocycles. The van der Waals surface area contributed by atoms with E-state index in [1.807, 2.05) is 6.92 Å². The minimum absolute atomic E-state index is 0.319. The summed E-state index contributed by atoms with van der Waals surface area (Å²) < 4.78 is 31.6. The molecule has 0 amide bonds. The van der Waals surface area contributed by atoms with Gasteiger partial charge in [-0.05, 0) is 6.42 Å². The van der Waals surface area contributed by atoms with Crippen LogP contribution in [0.1, 0.15) is 13.3 Å². The zero-order chi connectivity index (χ0) is 8.62. The predicted octanol–water partition coefficient (Wildman–Crippen LogP) is 0.930. The zero-order valence-corrected chi connectivity index (χ0v) is 5.65. The van der Waals surface area contributed by atoms with Gasteiger partial charge >= 0.3 is 6.18 Å². The highest BCUT2D eigenvalue weighted by Gasteiger charge is 2.24. The van der Waals surface area contributed by atoms with E-state index in [4.69, 9.17) is 10.2 Å². The van der Waals surface area contributed by atoms with Gasteiger partial charge in [-0.3, -0.25) is 0 Å². The molecule has 0 aliphatic rings. The summed E-state index contributed by atoms with van der Waals surface area (Å²) in [5, 5.41) is 15.2. The molecule has 0 aromatic rings. The quantitative estimate of drug-likeness (QED) is 0.599. The Morgan fingerprint density at radius 3 is 1.40 bits per heavy atom. The number of hydrogen-bond acceptors (Lipinski definition) is 2. The lowest BCUT2D eigenvalue weighted by Gasteiger charge is -1.95. The average molecular weight is 160 g/mol. The van der Waals surface area contributed by atoms with Gasteiger partial charge in [0.15, 0.2) is 0 Å². The lowest BCUT2D eigenvalue weighted by molar-refractivity contribution is -0.159. The standard InChI is InChI=1S/C3H8O.C2H3F3O/c1-2-3-4;3-2(4,5)1-6/h4H,2-3H2,1H3;6H,1H2. The van der Waals surface area contributed by atoms with Crippen LogP contribution in [-0.4, -0.2) is 29.6 Å². The summed E-state index contributed by atoms with van der Waals surface area (Å²) in [6.45, 7) is 0.521. The molecule has 0 fully saturated rings. The third-order valence-electron chi connectivity index (χ3n) is 0.403. The molecule has 0 saturated heterocycles. The van der Waals surface area contributed by atoms with Crippen molar-refractivity contribution in [1.82, 2.24) is 0 Å². The van der Waals surface area contributed by atoms with Crippen LogP contribution in [0.5, 0.6) is 0 Å². The van der Waals surface area contributed by atoms with Crippen molar-refractivity contribution in [3.63, 3.8) is 0 Å². The summed E-state index contributed by atoms with van der Waals surface area (Å²) in [6, 6.07) is 0. The molecule has 0 bridgehead atoms. The van der Waals surface area contributed by atoms with E-state index in [1.165, 1.54) is 0 Å². The van der Waals surface area contributed by atoms with Crippen molar-refractivity contribution < 1.29 is 23.4 Å². The van der Waals surface area contributed by atoms with Crippen LogP contribution in [0.25, 0.3) is 0 Å². The Bertz CT molecular complexity index is 60.4. The van der Waals surface area contributed by atoms with Gasteiger partial charge in [-0.15, -0.1) is 0 Å². The van der Waals surface area contributed by atoms with Crippen molar-refractivity contribution >= 4 is 0 Å². The molecular weight excluding hydrogens is 149 g/mol. The third-order valence-corrected chi connectivity index (χ3v) is 0.403. The monoisotopic (exact) mass is 160 g/mol. The molecular formula is C5H11F3O2. The van der Waals surface area contributed by atoms with Crippen LogP contribution in [0, 0.1) is 0 Å². The number of halogens is 3. The molecule has 0 radical (unpaired) electrons. The van der Waals surface area contributed by atoms with Gasteiger partial charge in [-0.2, -0.15) is 13.2 Å². The molecule has 0 spiro atoms. The van der Waals surface area contributed by atoms with Gasteiger partial charge in [0.05, 0.1) is 0 Å². The van der Waals surface area contributed by atoms with Crippen LogP contribution in [0.15, 0.2) is 0 Å². The minimum Gasteiger partial charge on any atom is -0.396 e. The van der Waals surface area contributed by atoms with Crippen LogP contribution in [0.4, 0.5) is 13.2 Å². The van der Waals surface area contributed by atoms with Gasteiger partial charge in [0.25, 0.3) is 0 Å². The van der Waals surface area contributed by atoms with Gasteiger partial charge in [0.1, 0.15) is 6.61 Å². The van der Waals surface area contributed by atoms with Crippen LogP contribution >= 0.6 is 0 Å². The van der Waals surface area contributed by atoms with E-state index in [1.54, 1.807) is 0 Å². The summed E-state index contributed by atoms with van der Waals surface area (Å²) in [7, 11) is 0. The van der Waals surface area contributed by atoms with E-state index in [0.29, 0.717) is 6.61 Å². The topological polar surface area (TPSA) is 40.5 Å². The Hall–Kier alpha value is -0.290. The van der Waals surface area contributed by atoms with Crippen molar-refractivity contribution in [2.24, 2.45) is 0 Å². The SMILES string of the molecule is CCCO.OCC(F)(F)F. The molecule has 0 saturated carbocycles. The van der Waals surface area contributed by atoms with Crippen LogP contribution < -0.4 is 0 Å². The van der Waals surface area contributed by atoms with E-state index in [-0.39, 0.29) is 0 Å². The fraction of sp³-hybridized carbons (Fsp3) is 1.00. The second-order valence-electron chi connectivity index (χ2n) is 1.50. The van der Waals surface area contributed by atoms with Gasteiger partial charge in [0.2, 0.25) is 0 Å². The Balaban J connectivity index is 0. The molecule has 64 valence electrons. The molecule has 0 aromatic carbocycles. The third kappa shape index (κ3) is 25.2. The molecule has 2 nitrogen and oxygen atoms in total. The van der Waals surface area contributed by atoms with E-state index >= 15 is 0 Å². The molecule has 0 aliphatic heterocycles. The number of alkyl halides is 3. The van der Waals surface area contributed by atoms with Gasteiger partial charge in [-0.1, -0.05) is 6.92 Å². The molecule has 0 aromatic heterocycles. The molecule has 0 atom stereocenters. The molecule has 0 rings (SSSR count). The van der Waals surface area contributed by atoms with Crippen molar-refractivity contribution in [2.45, 2.75) is 19.5 Å². The summed E-state index contributed by atoms with van der Waals surface area (Å²) in [5.41, 5.74) is 0. The van der Waals surface area contributed by atoms with Gasteiger partial charge in [-0.25, -0.2) is 0 Å². The van der Waals surface area contributed by atoms with E-state index in [0.717, 1.165) is 6.42 Å². The lowest BCUT2D eigenvalue weighted by Crippen LogP contribution is -2.12. The maximum atomic E-state index is 10.5. The highest BCUT2D eigenvalue weighted by molar-refractivity contribution is 4.39. The van der Waals surface area contributed by atoms with Crippen molar-refractivity contribution in [2.75, 3.05) is 13.2 Å². The van der Waals surface area contributed by atoms with Gasteiger partial charge < -0.3 is 10.2 Å². The zero-order valence-electron chi connectivity index (χ0n) is 5.65. The van der Waals surface area contributed by atoms with E-state index < -0.39 is 12.8 Å². The van der Waals surface area contributed by atoms with E-state index in [2.05, 4.69) is 0 Å². The van der Waals surface area contributed by atoms with Crippen molar-refractivity contribution in [1.29, 1.82) is 0 Å². The maximum Gasteiger partial charge on any atom is 0.411 e. The first kappa shape index (κ1) is 12.4. The first-order chi connectivity index (χ1) is 4.47. The Kier molecular flexibility index (Phi) is 8.46. The first-order valence-electron chi connectivity index (χ1n) is 2.76. The fourth-order valence-corrected chi connectivity index (χ4v) is 0. The highest BCUT2D eigenvalue weighted by atomic mass is 19.4. The second kappa shape index (κ2) is 6.82. The largest absolute Gasteiger partial charge is 0.411 e. The number of aliphatic hydroxyl groups is 2. The van der Waals surface area contributed by atoms with Crippen molar-refractivity contribution in [3.8, 4) is 0 Å². The summed E-state index contributed by atoms with van der Waals surface area (Å²) >= 11 is 0. The molecule has 5 heteroatoms. The Morgan fingerprint density at radius 1 is 1.20 bits per heavy atom. The van der Waals surface area contributed by atoms with Crippen LogP contribution in [0.3, 0.4) is 0 Å². The Labute approximate surface area is 57.3 Å². The maximum absolute atomic E-state index is 10.5. The number of rotatable bonds is 1. The summed E-state index contributed by atoms with van der Waals surface area (Å²) in [6.07, 6.45) is -3.53. The average Bonchev–Trinajstić information content (AvgIpc) is 1.87. The summed E-state index contributed by atoms with van der Waals surface area (Å²) in [5.74, 6) is 0. The van der Waals surface area contributed by atoms with Crippen molar-refractivity contribution in [3.05, 3.63) is 0 Å². The highest BCUT2D eigenvalue weighted by Crippen LogP contribution is 2.11. The number of aliphatic hydroxyl groups excluding tert-OH is 2. The fourth-order valence-electron chi connectivity index (χ4n) is 0. The van der Waals surface area contributed by atoms with Crippen LogP contribution in [-0.2, 0) is 0 Å². The normalized spacial score (nSPS) is 10.2.